The van der Waals surface area contributed by atoms with Crippen molar-refractivity contribution in [3.05, 3.63) is 39.2 Å². The number of fused-ring (bicyclic) bond motifs is 1. The second-order valence-electron chi connectivity index (χ2n) is 4.90. The summed E-state index contributed by atoms with van der Waals surface area (Å²) in [7, 11) is 0. The van der Waals surface area contributed by atoms with Gasteiger partial charge in [-0.3, -0.25) is 0 Å². The zero-order chi connectivity index (χ0) is 13.2. The minimum Gasteiger partial charge on any atom is -0.493 e. The molecule has 3 rings (SSSR count). The molecule has 0 spiro atoms. The SMILES string of the molecule is Cc1ccc(OCCc2nc3c(s2)CCN3)cc1C. The summed E-state index contributed by atoms with van der Waals surface area (Å²) in [6, 6.07) is 6.23. The molecule has 0 amide bonds. The second-order valence-corrected chi connectivity index (χ2v) is 6.07. The lowest BCUT2D eigenvalue weighted by molar-refractivity contribution is 0.321. The molecule has 2 aromatic rings. The number of nitrogens with zero attached hydrogens (tertiary/aromatic N) is 1. The Labute approximate surface area is 117 Å². The van der Waals surface area contributed by atoms with E-state index in [1.165, 1.54) is 21.0 Å². The molecule has 0 saturated carbocycles. The number of hydrogen-bond acceptors (Lipinski definition) is 4. The van der Waals surface area contributed by atoms with E-state index in [0.717, 1.165) is 31.0 Å². The lowest BCUT2D eigenvalue weighted by Crippen LogP contribution is -2.02. The van der Waals surface area contributed by atoms with Crippen LogP contribution in [-0.2, 0) is 12.8 Å². The highest BCUT2D eigenvalue weighted by atomic mass is 32.1. The Bertz CT molecular complexity index is 570. The molecule has 0 atom stereocenters. The van der Waals surface area contributed by atoms with E-state index in [1.54, 1.807) is 0 Å². The Morgan fingerprint density at radius 2 is 2.21 bits per heavy atom. The van der Waals surface area contributed by atoms with Crippen molar-refractivity contribution in [2.24, 2.45) is 0 Å². The van der Waals surface area contributed by atoms with Gasteiger partial charge in [0, 0.05) is 19.4 Å². The highest BCUT2D eigenvalue weighted by Crippen LogP contribution is 2.28. The fourth-order valence-electron chi connectivity index (χ4n) is 2.17. The number of aromatic nitrogens is 1. The van der Waals surface area contributed by atoms with Crippen molar-refractivity contribution in [2.45, 2.75) is 26.7 Å². The molecule has 1 aliphatic rings. The summed E-state index contributed by atoms with van der Waals surface area (Å²) in [4.78, 5) is 5.97. The molecule has 100 valence electrons. The number of rotatable bonds is 4. The summed E-state index contributed by atoms with van der Waals surface area (Å²) >= 11 is 1.81. The predicted molar refractivity (Wildman–Crippen MR) is 79.4 cm³/mol. The first-order valence-electron chi connectivity index (χ1n) is 6.65. The van der Waals surface area contributed by atoms with Crippen LogP contribution in [0.3, 0.4) is 0 Å². The highest BCUT2D eigenvalue weighted by Gasteiger charge is 2.15. The van der Waals surface area contributed by atoms with Crippen LogP contribution >= 0.6 is 11.3 Å². The molecule has 0 radical (unpaired) electrons. The Hall–Kier alpha value is -1.55. The first-order chi connectivity index (χ1) is 9.22. The van der Waals surface area contributed by atoms with Gasteiger partial charge in [-0.25, -0.2) is 4.98 Å². The molecule has 1 N–H and O–H groups in total. The van der Waals surface area contributed by atoms with Crippen molar-refractivity contribution in [1.82, 2.24) is 4.98 Å². The largest absolute Gasteiger partial charge is 0.493 e. The molecule has 2 heterocycles. The number of aryl methyl sites for hydroxylation is 2. The van der Waals surface area contributed by atoms with E-state index in [-0.39, 0.29) is 0 Å². The number of thiazole rings is 1. The van der Waals surface area contributed by atoms with E-state index in [0.29, 0.717) is 6.61 Å². The number of hydrogen-bond donors (Lipinski definition) is 1. The average Bonchev–Trinajstić information content (AvgIpc) is 2.94. The van der Waals surface area contributed by atoms with E-state index in [2.05, 4.69) is 36.3 Å². The van der Waals surface area contributed by atoms with Crippen molar-refractivity contribution in [3.8, 4) is 5.75 Å². The Morgan fingerprint density at radius 3 is 3.00 bits per heavy atom. The monoisotopic (exact) mass is 274 g/mol. The lowest BCUT2D eigenvalue weighted by Gasteiger charge is -2.07. The van der Waals surface area contributed by atoms with Gasteiger partial charge in [-0.15, -0.1) is 11.3 Å². The maximum atomic E-state index is 5.79. The third-order valence-corrected chi connectivity index (χ3v) is 4.62. The fourth-order valence-corrected chi connectivity index (χ4v) is 3.19. The van der Waals surface area contributed by atoms with Crippen LogP contribution in [-0.4, -0.2) is 18.1 Å². The summed E-state index contributed by atoms with van der Waals surface area (Å²) in [5.41, 5.74) is 2.57. The van der Waals surface area contributed by atoms with Gasteiger partial charge in [0.05, 0.1) is 16.5 Å². The molecule has 4 heteroatoms. The standard InChI is InChI=1S/C15H18N2OS/c1-10-3-4-12(9-11(10)2)18-8-6-14-17-15-13(19-14)5-7-16-15/h3-4,9,16H,5-8H2,1-2H3. The van der Waals surface area contributed by atoms with Gasteiger partial charge < -0.3 is 10.1 Å². The van der Waals surface area contributed by atoms with E-state index in [4.69, 9.17) is 4.74 Å². The van der Waals surface area contributed by atoms with Gasteiger partial charge in [-0.05, 0) is 37.1 Å². The first-order valence-corrected chi connectivity index (χ1v) is 7.46. The van der Waals surface area contributed by atoms with Crippen LogP contribution in [0.2, 0.25) is 0 Å². The van der Waals surface area contributed by atoms with Crippen LogP contribution in [0.15, 0.2) is 18.2 Å². The van der Waals surface area contributed by atoms with Gasteiger partial charge in [0.2, 0.25) is 0 Å². The van der Waals surface area contributed by atoms with E-state index in [1.807, 2.05) is 17.4 Å². The van der Waals surface area contributed by atoms with Crippen LogP contribution in [0.4, 0.5) is 5.82 Å². The summed E-state index contributed by atoms with van der Waals surface area (Å²) in [6.45, 7) is 5.95. The molecule has 0 saturated heterocycles. The second kappa shape index (κ2) is 5.21. The minimum atomic E-state index is 0.689. The van der Waals surface area contributed by atoms with Gasteiger partial charge in [0.15, 0.2) is 0 Å². The van der Waals surface area contributed by atoms with Crippen molar-refractivity contribution in [3.63, 3.8) is 0 Å². The highest BCUT2D eigenvalue weighted by molar-refractivity contribution is 7.12. The quantitative estimate of drug-likeness (QED) is 0.928. The summed E-state index contributed by atoms with van der Waals surface area (Å²) in [5, 5.41) is 4.47. The molecular formula is C15H18N2OS. The van der Waals surface area contributed by atoms with E-state index >= 15 is 0 Å². The molecular weight excluding hydrogens is 256 g/mol. The van der Waals surface area contributed by atoms with Crippen molar-refractivity contribution in [1.29, 1.82) is 0 Å². The number of benzene rings is 1. The number of nitrogens with one attached hydrogen (secondary N) is 1. The maximum absolute atomic E-state index is 5.79. The number of ether oxygens (including phenoxy) is 1. The Balaban J connectivity index is 1.56. The molecule has 0 bridgehead atoms. The Kier molecular flexibility index (Phi) is 3.42. The third kappa shape index (κ3) is 2.73. The van der Waals surface area contributed by atoms with Crippen molar-refractivity contribution < 1.29 is 4.74 Å². The third-order valence-electron chi connectivity index (χ3n) is 3.45. The molecule has 1 aliphatic heterocycles. The van der Waals surface area contributed by atoms with Crippen LogP contribution < -0.4 is 10.1 Å². The molecule has 1 aromatic carbocycles. The van der Waals surface area contributed by atoms with E-state index in [9.17, 15) is 0 Å². The van der Waals surface area contributed by atoms with E-state index < -0.39 is 0 Å². The van der Waals surface area contributed by atoms with Crippen LogP contribution in [0, 0.1) is 13.8 Å². The molecule has 19 heavy (non-hydrogen) atoms. The molecule has 0 fully saturated rings. The summed E-state index contributed by atoms with van der Waals surface area (Å²) in [6.07, 6.45) is 2.00. The molecule has 0 aliphatic carbocycles. The van der Waals surface area contributed by atoms with Crippen LogP contribution in [0.5, 0.6) is 5.75 Å². The average molecular weight is 274 g/mol. The summed E-state index contributed by atoms with van der Waals surface area (Å²) < 4.78 is 5.79. The fraction of sp³-hybridized carbons (Fsp3) is 0.400. The summed E-state index contributed by atoms with van der Waals surface area (Å²) in [5.74, 6) is 2.04. The number of anilines is 1. The Morgan fingerprint density at radius 1 is 1.32 bits per heavy atom. The zero-order valence-electron chi connectivity index (χ0n) is 11.3. The predicted octanol–water partition coefficient (Wildman–Crippen LogP) is 3.35. The zero-order valence-corrected chi connectivity index (χ0v) is 12.1. The van der Waals surface area contributed by atoms with Gasteiger partial charge in [0.25, 0.3) is 0 Å². The molecule has 1 aromatic heterocycles. The lowest BCUT2D eigenvalue weighted by atomic mass is 10.1. The normalized spacial score (nSPS) is 13.2. The first kappa shape index (κ1) is 12.5. The topological polar surface area (TPSA) is 34.1 Å². The van der Waals surface area contributed by atoms with Crippen molar-refractivity contribution in [2.75, 3.05) is 18.5 Å². The van der Waals surface area contributed by atoms with Crippen LogP contribution in [0.1, 0.15) is 21.0 Å². The molecule has 3 nitrogen and oxygen atoms in total. The minimum absolute atomic E-state index is 0.689. The van der Waals surface area contributed by atoms with Crippen LogP contribution in [0.25, 0.3) is 0 Å². The molecule has 0 unspecified atom stereocenters. The van der Waals surface area contributed by atoms with Gasteiger partial charge >= 0.3 is 0 Å². The smallest absolute Gasteiger partial charge is 0.140 e. The van der Waals surface area contributed by atoms with Crippen molar-refractivity contribution >= 4 is 17.2 Å². The van der Waals surface area contributed by atoms with Gasteiger partial charge in [-0.1, -0.05) is 6.07 Å². The van der Waals surface area contributed by atoms with Gasteiger partial charge in [-0.2, -0.15) is 0 Å². The maximum Gasteiger partial charge on any atom is 0.140 e. The van der Waals surface area contributed by atoms with Gasteiger partial charge in [0.1, 0.15) is 11.6 Å².